The predicted molar refractivity (Wildman–Crippen MR) is 94.2 cm³/mol. The van der Waals surface area contributed by atoms with E-state index in [1.165, 1.54) is 11.3 Å². The van der Waals surface area contributed by atoms with Gasteiger partial charge in [-0.05, 0) is 46.2 Å². The van der Waals surface area contributed by atoms with E-state index in [0.717, 1.165) is 32.9 Å². The summed E-state index contributed by atoms with van der Waals surface area (Å²) in [4.78, 5) is 31.2. The first-order valence-electron chi connectivity index (χ1n) is 7.48. The van der Waals surface area contributed by atoms with E-state index in [2.05, 4.69) is 30.8 Å². The first kappa shape index (κ1) is 16.3. The van der Waals surface area contributed by atoms with Gasteiger partial charge in [-0.15, -0.1) is 11.3 Å². The van der Waals surface area contributed by atoms with Gasteiger partial charge in [0, 0.05) is 22.5 Å². The summed E-state index contributed by atoms with van der Waals surface area (Å²) in [6, 6.07) is 1.87. The van der Waals surface area contributed by atoms with E-state index >= 15 is 0 Å². The van der Waals surface area contributed by atoms with Crippen molar-refractivity contribution in [2.75, 3.05) is 5.43 Å². The molecular weight excluding hydrogens is 324 g/mol. The minimum atomic E-state index is -0.240. The first-order chi connectivity index (χ1) is 11.3. The Hall–Kier alpha value is -2.61. The van der Waals surface area contributed by atoms with Gasteiger partial charge in [0.2, 0.25) is 5.95 Å². The maximum Gasteiger partial charge on any atom is 0.280 e. The van der Waals surface area contributed by atoms with Gasteiger partial charge in [-0.2, -0.15) is 0 Å². The second-order valence-electron chi connectivity index (χ2n) is 5.65. The second kappa shape index (κ2) is 6.12. The van der Waals surface area contributed by atoms with Crippen molar-refractivity contribution in [3.05, 3.63) is 39.4 Å². The second-order valence-corrected chi connectivity index (χ2v) is 6.65. The summed E-state index contributed by atoms with van der Waals surface area (Å²) in [6.45, 7) is 9.44. The summed E-state index contributed by atoms with van der Waals surface area (Å²) in [7, 11) is 0. The Morgan fingerprint density at radius 2 is 1.67 bits per heavy atom. The van der Waals surface area contributed by atoms with Gasteiger partial charge in [-0.1, -0.05) is 0 Å². The molecule has 3 rings (SSSR count). The Balaban J connectivity index is 1.86. The molecule has 8 heteroatoms. The molecule has 7 nitrogen and oxygen atoms in total. The Labute approximate surface area is 143 Å². The number of amides is 1. The maximum atomic E-state index is 12.5. The molecule has 0 aromatic carbocycles. The zero-order valence-electron chi connectivity index (χ0n) is 14.2. The Morgan fingerprint density at radius 3 is 2.33 bits per heavy atom. The monoisotopic (exact) mass is 342 g/mol. The smallest absolute Gasteiger partial charge is 0.266 e. The summed E-state index contributed by atoms with van der Waals surface area (Å²) < 4.78 is 0. The molecule has 0 saturated carbocycles. The summed E-state index contributed by atoms with van der Waals surface area (Å²) in [5, 5.41) is 0.943. The van der Waals surface area contributed by atoms with E-state index in [0.29, 0.717) is 16.6 Å². The van der Waals surface area contributed by atoms with E-state index < -0.39 is 0 Å². The molecule has 0 radical (unpaired) electrons. The van der Waals surface area contributed by atoms with Gasteiger partial charge >= 0.3 is 0 Å². The number of fused-ring (bicyclic) bond motifs is 1. The van der Waals surface area contributed by atoms with Gasteiger partial charge < -0.3 is 0 Å². The largest absolute Gasteiger partial charge is 0.280 e. The van der Waals surface area contributed by atoms with E-state index in [9.17, 15) is 4.79 Å². The minimum Gasteiger partial charge on any atom is -0.266 e. The lowest BCUT2D eigenvalue weighted by Crippen LogP contribution is -2.30. The highest BCUT2D eigenvalue weighted by Crippen LogP contribution is 2.31. The molecule has 0 aliphatic rings. The number of rotatable bonds is 3. The number of aromatic nitrogens is 4. The van der Waals surface area contributed by atoms with Crippen LogP contribution < -0.4 is 10.9 Å². The zero-order chi connectivity index (χ0) is 17.4. The topological polar surface area (TPSA) is 92.7 Å². The molecule has 3 aromatic rings. The highest BCUT2D eigenvalue weighted by atomic mass is 32.1. The van der Waals surface area contributed by atoms with E-state index in [4.69, 9.17) is 0 Å². The summed E-state index contributed by atoms with van der Waals surface area (Å²) >= 11 is 1.36. The van der Waals surface area contributed by atoms with Crippen molar-refractivity contribution >= 4 is 33.4 Å². The molecule has 0 aliphatic heterocycles. The molecule has 3 aromatic heterocycles. The fourth-order valence-corrected chi connectivity index (χ4v) is 3.81. The normalized spacial score (nSPS) is 10.9. The van der Waals surface area contributed by atoms with Crippen molar-refractivity contribution in [1.29, 1.82) is 0 Å². The highest BCUT2D eigenvalue weighted by Gasteiger charge is 2.18. The van der Waals surface area contributed by atoms with Crippen LogP contribution in [0.25, 0.3) is 10.2 Å². The molecule has 0 fully saturated rings. The van der Waals surface area contributed by atoms with Crippen LogP contribution in [-0.4, -0.2) is 25.8 Å². The van der Waals surface area contributed by atoms with Gasteiger partial charge in [-0.25, -0.2) is 19.9 Å². The van der Waals surface area contributed by atoms with Gasteiger partial charge in [-0.3, -0.25) is 15.6 Å². The third-order valence-corrected chi connectivity index (χ3v) is 4.74. The van der Waals surface area contributed by atoms with Crippen LogP contribution in [0.3, 0.4) is 0 Å². The van der Waals surface area contributed by atoms with Crippen LogP contribution in [-0.2, 0) is 0 Å². The fraction of sp³-hybridized carbons (Fsp3) is 0.312. The number of anilines is 1. The highest BCUT2D eigenvalue weighted by molar-refractivity contribution is 7.20. The SMILES string of the molecule is Cc1cc(C)nc(NNC(=O)c2sc3nc(C)nc(C)c3c2C)n1. The molecule has 124 valence electrons. The molecule has 1 amide bonds. The van der Waals surface area contributed by atoms with Crippen LogP contribution in [0.15, 0.2) is 6.07 Å². The summed E-state index contributed by atoms with van der Waals surface area (Å²) in [5.74, 6) is 0.830. The molecule has 0 unspecified atom stereocenters. The van der Waals surface area contributed by atoms with Gasteiger partial charge in [0.1, 0.15) is 10.7 Å². The molecular formula is C16H18N6OS. The maximum absolute atomic E-state index is 12.5. The van der Waals surface area contributed by atoms with E-state index in [1.54, 1.807) is 0 Å². The minimum absolute atomic E-state index is 0.240. The van der Waals surface area contributed by atoms with Crippen LogP contribution in [0.4, 0.5) is 5.95 Å². The number of nitrogens with one attached hydrogen (secondary N) is 2. The van der Waals surface area contributed by atoms with Gasteiger partial charge in [0.15, 0.2) is 0 Å². The van der Waals surface area contributed by atoms with Crippen molar-refractivity contribution in [1.82, 2.24) is 25.4 Å². The number of hydrazine groups is 1. The van der Waals surface area contributed by atoms with Gasteiger partial charge in [0.05, 0.1) is 4.88 Å². The molecule has 0 atom stereocenters. The average molecular weight is 342 g/mol. The number of carbonyl (C=O) groups excluding carboxylic acids is 1. The van der Waals surface area contributed by atoms with Gasteiger partial charge in [0.25, 0.3) is 5.91 Å². The summed E-state index contributed by atoms with van der Waals surface area (Å²) in [5.41, 5.74) is 8.86. The molecule has 0 bridgehead atoms. The van der Waals surface area contributed by atoms with Crippen molar-refractivity contribution in [2.45, 2.75) is 34.6 Å². The molecule has 0 spiro atoms. The lowest BCUT2D eigenvalue weighted by Gasteiger charge is -2.07. The van der Waals surface area contributed by atoms with E-state index in [1.807, 2.05) is 40.7 Å². The van der Waals surface area contributed by atoms with Crippen LogP contribution >= 0.6 is 11.3 Å². The zero-order valence-corrected chi connectivity index (χ0v) is 15.0. The number of hydrogen-bond acceptors (Lipinski definition) is 7. The standard InChI is InChI=1S/C16H18N6OS/c1-7-6-8(2)18-16(17-7)22-21-14(23)13-9(3)12-10(4)19-11(5)20-15(12)24-13/h6H,1-5H3,(H,21,23)(H,17,18,22). The number of aryl methyl sites for hydroxylation is 5. The van der Waals surface area contributed by atoms with Crippen LogP contribution in [0.1, 0.15) is 38.1 Å². The van der Waals surface area contributed by atoms with Crippen LogP contribution in [0.5, 0.6) is 0 Å². The molecule has 3 heterocycles. The average Bonchev–Trinajstić information content (AvgIpc) is 2.81. The Kier molecular flexibility index (Phi) is 4.15. The Morgan fingerprint density at radius 1 is 1.00 bits per heavy atom. The predicted octanol–water partition coefficient (Wildman–Crippen LogP) is 2.78. The third kappa shape index (κ3) is 3.05. The Bertz CT molecular complexity index is 929. The van der Waals surface area contributed by atoms with Crippen LogP contribution in [0, 0.1) is 34.6 Å². The van der Waals surface area contributed by atoms with Crippen molar-refractivity contribution in [3.8, 4) is 0 Å². The molecule has 0 aliphatic carbocycles. The number of thiophene rings is 1. The van der Waals surface area contributed by atoms with Crippen molar-refractivity contribution < 1.29 is 4.79 Å². The molecule has 0 saturated heterocycles. The number of carbonyl (C=O) groups is 1. The lowest BCUT2D eigenvalue weighted by atomic mass is 10.1. The fourth-order valence-electron chi connectivity index (χ4n) is 2.64. The third-order valence-electron chi connectivity index (χ3n) is 3.56. The van der Waals surface area contributed by atoms with Crippen molar-refractivity contribution in [3.63, 3.8) is 0 Å². The van der Waals surface area contributed by atoms with Crippen LogP contribution in [0.2, 0.25) is 0 Å². The quantitative estimate of drug-likeness (QED) is 0.711. The lowest BCUT2D eigenvalue weighted by molar-refractivity contribution is 0.0966. The van der Waals surface area contributed by atoms with Crippen molar-refractivity contribution in [2.24, 2.45) is 0 Å². The summed E-state index contributed by atoms with van der Waals surface area (Å²) in [6.07, 6.45) is 0. The number of nitrogens with zero attached hydrogens (tertiary/aromatic N) is 4. The first-order valence-corrected chi connectivity index (χ1v) is 8.30. The molecule has 24 heavy (non-hydrogen) atoms. The molecule has 2 N–H and O–H groups in total. The van der Waals surface area contributed by atoms with E-state index in [-0.39, 0.29) is 5.91 Å². The number of hydrogen-bond donors (Lipinski definition) is 2.